The van der Waals surface area contributed by atoms with E-state index in [4.69, 9.17) is 15.6 Å². The van der Waals surface area contributed by atoms with Crippen molar-refractivity contribution in [2.75, 3.05) is 30.4 Å². The molecule has 10 heteroatoms. The number of amides is 1. The van der Waals surface area contributed by atoms with Gasteiger partial charge in [-0.2, -0.15) is 9.97 Å². The molecule has 0 radical (unpaired) electrons. The molecule has 0 spiro atoms. The first-order chi connectivity index (χ1) is 20.4. The smallest absolute Gasteiger partial charge is 0.261 e. The molecule has 0 bridgehead atoms. The Hall–Kier alpha value is -4.41. The minimum absolute atomic E-state index is 0.0322. The maximum atomic E-state index is 15.2. The first-order valence-corrected chi connectivity index (χ1v) is 14.2. The van der Waals surface area contributed by atoms with Crippen LogP contribution in [0.1, 0.15) is 63.6 Å². The van der Waals surface area contributed by atoms with Crippen LogP contribution < -0.4 is 15.4 Å². The summed E-state index contributed by atoms with van der Waals surface area (Å²) >= 11 is 0. The Morgan fingerprint density at radius 1 is 1.05 bits per heavy atom. The van der Waals surface area contributed by atoms with Crippen molar-refractivity contribution >= 4 is 17.5 Å². The molecule has 1 fully saturated rings. The standard InChI is InChI=1S/C32H32FN5O4/c33-26-17-22(20-7-8-20)16-21-11-12-38(31(41)29(21)26)27-4-1-3-24(25(27)18-40)30-35-28(36-32(34)37-30)15-19-5-9-23(10-6-19)42-14-2-13-39/h1,3-6,9-10,16-17,20,39-40H,2,7-8,11-15,18H2,(H2,34,35,36,37). The van der Waals surface area contributed by atoms with Crippen molar-refractivity contribution in [1.29, 1.82) is 0 Å². The molecule has 0 atom stereocenters. The molecule has 9 nitrogen and oxygen atoms in total. The van der Waals surface area contributed by atoms with Crippen molar-refractivity contribution in [3.05, 3.63) is 94.1 Å². The van der Waals surface area contributed by atoms with Crippen molar-refractivity contribution < 1.29 is 24.1 Å². The van der Waals surface area contributed by atoms with Gasteiger partial charge in [0.05, 0.1) is 24.5 Å². The molecular weight excluding hydrogens is 537 g/mol. The lowest BCUT2D eigenvalue weighted by molar-refractivity contribution is 0.0976. The van der Waals surface area contributed by atoms with Crippen molar-refractivity contribution in [3.63, 3.8) is 0 Å². The Kier molecular flexibility index (Phi) is 7.82. The largest absolute Gasteiger partial charge is 0.494 e. The second kappa shape index (κ2) is 11.8. The van der Waals surface area contributed by atoms with Gasteiger partial charge in [0.2, 0.25) is 5.95 Å². The van der Waals surface area contributed by atoms with Gasteiger partial charge in [-0.1, -0.05) is 30.3 Å². The van der Waals surface area contributed by atoms with Crippen LogP contribution in [0, 0.1) is 5.82 Å². The third kappa shape index (κ3) is 5.68. The quantitative estimate of drug-likeness (QED) is 0.242. The number of nitrogen functional groups attached to an aromatic ring is 1. The number of hydrogen-bond donors (Lipinski definition) is 3. The first-order valence-electron chi connectivity index (χ1n) is 14.2. The summed E-state index contributed by atoms with van der Waals surface area (Å²) in [7, 11) is 0. The third-order valence-corrected chi connectivity index (χ3v) is 7.70. The van der Waals surface area contributed by atoms with Crippen molar-refractivity contribution in [1.82, 2.24) is 15.0 Å². The maximum absolute atomic E-state index is 15.2. The van der Waals surface area contributed by atoms with Gasteiger partial charge in [-0.15, -0.1) is 0 Å². The molecule has 1 aliphatic heterocycles. The highest BCUT2D eigenvalue weighted by atomic mass is 19.1. The normalized spacial score (nSPS) is 14.6. The van der Waals surface area contributed by atoms with Gasteiger partial charge in [0.15, 0.2) is 5.82 Å². The lowest BCUT2D eigenvalue weighted by Gasteiger charge is -2.31. The number of aliphatic hydroxyl groups excluding tert-OH is 2. The molecule has 0 unspecified atom stereocenters. The van der Waals surface area contributed by atoms with Gasteiger partial charge in [-0.3, -0.25) is 4.79 Å². The van der Waals surface area contributed by atoms with E-state index >= 15 is 4.39 Å². The van der Waals surface area contributed by atoms with E-state index in [-0.39, 0.29) is 30.5 Å². The number of benzene rings is 3. The Morgan fingerprint density at radius 2 is 1.86 bits per heavy atom. The Morgan fingerprint density at radius 3 is 2.60 bits per heavy atom. The van der Waals surface area contributed by atoms with E-state index in [0.717, 1.165) is 29.5 Å². The number of nitrogens with zero attached hydrogens (tertiary/aromatic N) is 4. The van der Waals surface area contributed by atoms with Gasteiger partial charge < -0.3 is 25.6 Å². The van der Waals surface area contributed by atoms with Crippen molar-refractivity contribution in [3.8, 4) is 17.1 Å². The zero-order chi connectivity index (χ0) is 29.2. The van der Waals surface area contributed by atoms with E-state index < -0.39 is 11.7 Å². The van der Waals surface area contributed by atoms with Gasteiger partial charge in [0, 0.05) is 37.1 Å². The molecule has 4 aromatic rings. The van der Waals surface area contributed by atoms with Crippen LogP contribution in [-0.4, -0.2) is 50.8 Å². The number of carbonyl (C=O) groups excluding carboxylic acids is 1. The van der Waals surface area contributed by atoms with E-state index in [1.165, 1.54) is 11.0 Å². The summed E-state index contributed by atoms with van der Waals surface area (Å²) in [6.45, 7) is 0.482. The van der Waals surface area contributed by atoms with Crippen LogP contribution in [0.25, 0.3) is 11.4 Å². The van der Waals surface area contributed by atoms with Crippen LogP contribution >= 0.6 is 0 Å². The number of ether oxygens (including phenoxy) is 1. The number of aromatic nitrogens is 3. The zero-order valence-corrected chi connectivity index (χ0v) is 23.1. The van der Waals surface area contributed by atoms with Crippen LogP contribution in [0.3, 0.4) is 0 Å². The molecule has 2 heterocycles. The second-order valence-electron chi connectivity index (χ2n) is 10.7. The average molecular weight is 570 g/mol. The van der Waals surface area contributed by atoms with E-state index in [1.807, 2.05) is 30.3 Å². The van der Waals surface area contributed by atoms with E-state index in [0.29, 0.717) is 66.7 Å². The molecule has 1 amide bonds. The lowest BCUT2D eigenvalue weighted by Crippen LogP contribution is -2.39. The summed E-state index contributed by atoms with van der Waals surface area (Å²) in [5, 5.41) is 19.4. The SMILES string of the molecule is Nc1nc(Cc2ccc(OCCCO)cc2)nc(-c2cccc(N3CCc4cc(C5CC5)cc(F)c4C3=O)c2CO)n1. The number of nitrogens with two attached hydrogens (primary N) is 1. The topological polar surface area (TPSA) is 135 Å². The average Bonchev–Trinajstić information content (AvgIpc) is 3.83. The number of rotatable bonds is 10. The van der Waals surface area contributed by atoms with E-state index in [1.54, 1.807) is 18.2 Å². The van der Waals surface area contributed by atoms with Gasteiger partial charge in [-0.05, 0) is 66.1 Å². The Labute approximate surface area is 242 Å². The number of carbonyl (C=O) groups is 1. The summed E-state index contributed by atoms with van der Waals surface area (Å²) in [5.74, 6) is 0.919. The highest BCUT2D eigenvalue weighted by Gasteiger charge is 2.33. The summed E-state index contributed by atoms with van der Waals surface area (Å²) < 4.78 is 20.8. The highest BCUT2D eigenvalue weighted by molar-refractivity contribution is 6.09. The molecule has 1 aromatic heterocycles. The molecule has 4 N–H and O–H groups in total. The summed E-state index contributed by atoms with van der Waals surface area (Å²) in [4.78, 5) is 28.4. The summed E-state index contributed by atoms with van der Waals surface area (Å²) in [6, 6.07) is 16.2. The number of aliphatic hydroxyl groups is 2. The second-order valence-corrected chi connectivity index (χ2v) is 10.7. The molecule has 42 heavy (non-hydrogen) atoms. The number of halogens is 1. The van der Waals surface area contributed by atoms with Crippen LogP contribution in [-0.2, 0) is 19.4 Å². The molecule has 1 saturated carbocycles. The highest BCUT2D eigenvalue weighted by Crippen LogP contribution is 2.42. The first kappa shape index (κ1) is 27.7. The molecule has 2 aliphatic rings. The van der Waals surface area contributed by atoms with Gasteiger partial charge >= 0.3 is 0 Å². The molecular formula is C32H32FN5O4. The molecule has 3 aromatic carbocycles. The van der Waals surface area contributed by atoms with Crippen LogP contribution in [0.2, 0.25) is 0 Å². The van der Waals surface area contributed by atoms with Gasteiger partial charge in [0.1, 0.15) is 17.4 Å². The number of anilines is 2. The minimum atomic E-state index is -0.495. The summed E-state index contributed by atoms with van der Waals surface area (Å²) in [5.41, 5.74) is 10.2. The van der Waals surface area contributed by atoms with E-state index in [9.17, 15) is 9.90 Å². The molecule has 6 rings (SSSR count). The predicted octanol–water partition coefficient (Wildman–Crippen LogP) is 4.18. The van der Waals surface area contributed by atoms with Gasteiger partial charge in [-0.25, -0.2) is 9.37 Å². The fraction of sp³-hybridized carbons (Fsp3) is 0.312. The Bertz CT molecular complexity index is 1620. The molecule has 216 valence electrons. The number of fused-ring (bicyclic) bond motifs is 1. The lowest BCUT2D eigenvalue weighted by atomic mass is 9.93. The fourth-order valence-electron chi connectivity index (χ4n) is 5.46. The van der Waals surface area contributed by atoms with Crippen molar-refractivity contribution in [2.24, 2.45) is 0 Å². The monoisotopic (exact) mass is 569 g/mol. The predicted molar refractivity (Wildman–Crippen MR) is 156 cm³/mol. The fourth-order valence-corrected chi connectivity index (χ4v) is 5.46. The number of hydrogen-bond acceptors (Lipinski definition) is 8. The van der Waals surface area contributed by atoms with Crippen molar-refractivity contribution in [2.45, 2.75) is 44.6 Å². The molecule has 1 aliphatic carbocycles. The van der Waals surface area contributed by atoms with E-state index in [2.05, 4.69) is 15.0 Å². The maximum Gasteiger partial charge on any atom is 0.261 e. The third-order valence-electron chi connectivity index (χ3n) is 7.70. The Balaban J connectivity index is 1.28. The van der Waals surface area contributed by atoms with Crippen LogP contribution in [0.4, 0.5) is 16.0 Å². The summed E-state index contributed by atoms with van der Waals surface area (Å²) in [6.07, 6.45) is 3.57. The molecule has 0 saturated heterocycles. The van der Waals surface area contributed by atoms with Crippen LogP contribution in [0.15, 0.2) is 54.6 Å². The minimum Gasteiger partial charge on any atom is -0.494 e. The van der Waals surface area contributed by atoms with Gasteiger partial charge in [0.25, 0.3) is 5.91 Å². The van der Waals surface area contributed by atoms with Crippen LogP contribution in [0.5, 0.6) is 5.75 Å². The zero-order valence-electron chi connectivity index (χ0n) is 23.1.